The van der Waals surface area contributed by atoms with Gasteiger partial charge in [0.25, 0.3) is 0 Å². The molecule has 2 aromatic carbocycles. The molecule has 1 atom stereocenters. The van der Waals surface area contributed by atoms with E-state index in [1.807, 2.05) is 30.3 Å². The molecule has 0 spiro atoms. The zero-order valence-electron chi connectivity index (χ0n) is 10.4. The van der Waals surface area contributed by atoms with Crippen LogP contribution < -0.4 is 0 Å². The van der Waals surface area contributed by atoms with Crippen LogP contribution in [-0.2, 0) is 11.2 Å². The minimum atomic E-state index is -0.793. The van der Waals surface area contributed by atoms with Gasteiger partial charge in [-0.05, 0) is 36.1 Å². The highest BCUT2D eigenvalue weighted by Gasteiger charge is 2.19. The van der Waals surface area contributed by atoms with Crippen molar-refractivity contribution in [1.29, 1.82) is 0 Å². The first-order valence-corrected chi connectivity index (χ1v) is 6.57. The highest BCUT2D eigenvalue weighted by Crippen LogP contribution is 2.23. The Morgan fingerprint density at radius 1 is 1.05 bits per heavy atom. The van der Waals surface area contributed by atoms with E-state index in [9.17, 15) is 9.90 Å². The number of rotatable bonds is 5. The van der Waals surface area contributed by atoms with Crippen LogP contribution in [0.5, 0.6) is 0 Å². The molecule has 0 heterocycles. The highest BCUT2D eigenvalue weighted by atomic mass is 35.5. The molecule has 0 aliphatic carbocycles. The summed E-state index contributed by atoms with van der Waals surface area (Å²) in [5, 5.41) is 9.96. The Morgan fingerprint density at radius 3 is 2.26 bits per heavy atom. The molecule has 0 bridgehead atoms. The standard InChI is InChI=1S/C16H15ClO2/c17-14-9-7-13(8-10-14)15(16(18)19)11-6-12-4-2-1-3-5-12/h1-5,7-10,15H,6,11H2,(H,18,19)/t15-/m0/s1. The van der Waals surface area contributed by atoms with Crippen molar-refractivity contribution in [3.8, 4) is 0 Å². The lowest BCUT2D eigenvalue weighted by Gasteiger charge is -2.12. The third-order valence-corrected chi connectivity index (χ3v) is 3.39. The number of hydrogen-bond acceptors (Lipinski definition) is 1. The molecule has 0 aliphatic rings. The second kappa shape index (κ2) is 6.39. The van der Waals surface area contributed by atoms with Crippen LogP contribution in [0.15, 0.2) is 54.6 Å². The third kappa shape index (κ3) is 3.83. The van der Waals surface area contributed by atoms with Gasteiger partial charge in [-0.1, -0.05) is 54.1 Å². The van der Waals surface area contributed by atoms with E-state index in [2.05, 4.69) is 0 Å². The average Bonchev–Trinajstić information content (AvgIpc) is 2.42. The maximum atomic E-state index is 11.4. The number of aliphatic carboxylic acids is 1. The molecular weight excluding hydrogens is 260 g/mol. The lowest BCUT2D eigenvalue weighted by atomic mass is 9.92. The minimum absolute atomic E-state index is 0.488. The lowest BCUT2D eigenvalue weighted by molar-refractivity contribution is -0.138. The van der Waals surface area contributed by atoms with Gasteiger partial charge in [0.05, 0.1) is 5.92 Å². The van der Waals surface area contributed by atoms with Crippen molar-refractivity contribution in [1.82, 2.24) is 0 Å². The van der Waals surface area contributed by atoms with Crippen molar-refractivity contribution in [2.75, 3.05) is 0 Å². The molecule has 0 amide bonds. The number of aryl methyl sites for hydroxylation is 1. The monoisotopic (exact) mass is 274 g/mol. The van der Waals surface area contributed by atoms with Crippen molar-refractivity contribution in [2.24, 2.45) is 0 Å². The Balaban J connectivity index is 2.09. The fraction of sp³-hybridized carbons (Fsp3) is 0.188. The minimum Gasteiger partial charge on any atom is -0.481 e. The number of carboxylic acids is 1. The Labute approximate surface area is 117 Å². The molecular formula is C16H15ClO2. The van der Waals surface area contributed by atoms with Crippen LogP contribution in [0.4, 0.5) is 0 Å². The van der Waals surface area contributed by atoms with Crippen LogP contribution in [0.3, 0.4) is 0 Å². The van der Waals surface area contributed by atoms with E-state index >= 15 is 0 Å². The summed E-state index contributed by atoms with van der Waals surface area (Å²) in [6.07, 6.45) is 1.33. The van der Waals surface area contributed by atoms with Crippen LogP contribution in [0.1, 0.15) is 23.5 Å². The highest BCUT2D eigenvalue weighted by molar-refractivity contribution is 6.30. The first kappa shape index (κ1) is 13.6. The van der Waals surface area contributed by atoms with Crippen molar-refractivity contribution < 1.29 is 9.90 Å². The van der Waals surface area contributed by atoms with Gasteiger partial charge in [-0.25, -0.2) is 0 Å². The van der Waals surface area contributed by atoms with Crippen LogP contribution in [-0.4, -0.2) is 11.1 Å². The van der Waals surface area contributed by atoms with E-state index in [4.69, 9.17) is 11.6 Å². The molecule has 2 rings (SSSR count). The maximum absolute atomic E-state index is 11.4. The largest absolute Gasteiger partial charge is 0.481 e. The molecule has 19 heavy (non-hydrogen) atoms. The Bertz CT molecular complexity index is 534. The van der Waals surface area contributed by atoms with Crippen LogP contribution in [0.2, 0.25) is 5.02 Å². The molecule has 2 aromatic rings. The summed E-state index contributed by atoms with van der Waals surface area (Å²) >= 11 is 5.82. The molecule has 0 aromatic heterocycles. The molecule has 0 unspecified atom stereocenters. The van der Waals surface area contributed by atoms with Crippen molar-refractivity contribution in [3.63, 3.8) is 0 Å². The van der Waals surface area contributed by atoms with Crippen LogP contribution in [0.25, 0.3) is 0 Å². The summed E-state index contributed by atoms with van der Waals surface area (Å²) in [4.78, 5) is 11.4. The fourth-order valence-corrected chi connectivity index (χ4v) is 2.21. The van der Waals surface area contributed by atoms with Gasteiger partial charge in [-0.2, -0.15) is 0 Å². The SMILES string of the molecule is O=C(O)[C@@H](CCc1ccccc1)c1ccc(Cl)cc1. The summed E-state index contributed by atoms with van der Waals surface area (Å²) in [6, 6.07) is 16.9. The number of hydrogen-bond donors (Lipinski definition) is 1. The van der Waals surface area contributed by atoms with Gasteiger partial charge in [0, 0.05) is 5.02 Å². The normalized spacial score (nSPS) is 12.1. The van der Waals surface area contributed by atoms with Gasteiger partial charge in [0.1, 0.15) is 0 Å². The second-order valence-electron chi connectivity index (χ2n) is 4.47. The molecule has 3 heteroatoms. The van der Waals surface area contributed by atoms with Gasteiger partial charge < -0.3 is 5.11 Å². The molecule has 0 fully saturated rings. The van der Waals surface area contributed by atoms with Gasteiger partial charge in [-0.15, -0.1) is 0 Å². The number of halogens is 1. The van der Waals surface area contributed by atoms with E-state index in [0.29, 0.717) is 11.4 Å². The van der Waals surface area contributed by atoms with E-state index in [0.717, 1.165) is 17.5 Å². The van der Waals surface area contributed by atoms with E-state index in [-0.39, 0.29) is 0 Å². The average molecular weight is 275 g/mol. The Hall–Kier alpha value is -1.80. The molecule has 1 N–H and O–H groups in total. The zero-order chi connectivity index (χ0) is 13.7. The first-order valence-electron chi connectivity index (χ1n) is 6.19. The summed E-state index contributed by atoms with van der Waals surface area (Å²) in [6.45, 7) is 0. The van der Waals surface area contributed by atoms with E-state index < -0.39 is 11.9 Å². The Kier molecular flexibility index (Phi) is 4.58. The molecule has 0 radical (unpaired) electrons. The smallest absolute Gasteiger partial charge is 0.310 e. The molecule has 0 aliphatic heterocycles. The second-order valence-corrected chi connectivity index (χ2v) is 4.90. The van der Waals surface area contributed by atoms with Crippen molar-refractivity contribution >= 4 is 17.6 Å². The van der Waals surface area contributed by atoms with Crippen LogP contribution >= 0.6 is 11.6 Å². The zero-order valence-corrected chi connectivity index (χ0v) is 11.2. The molecule has 0 saturated carbocycles. The van der Waals surface area contributed by atoms with E-state index in [1.165, 1.54) is 0 Å². The van der Waals surface area contributed by atoms with Gasteiger partial charge in [0.15, 0.2) is 0 Å². The predicted molar refractivity (Wildman–Crippen MR) is 76.6 cm³/mol. The summed E-state index contributed by atoms with van der Waals surface area (Å²) in [7, 11) is 0. The fourth-order valence-electron chi connectivity index (χ4n) is 2.08. The van der Waals surface area contributed by atoms with Gasteiger partial charge in [0.2, 0.25) is 0 Å². The van der Waals surface area contributed by atoms with Crippen LogP contribution in [0, 0.1) is 0 Å². The first-order chi connectivity index (χ1) is 9.16. The summed E-state index contributed by atoms with van der Waals surface area (Å²) in [5.41, 5.74) is 1.95. The third-order valence-electron chi connectivity index (χ3n) is 3.13. The summed E-state index contributed by atoms with van der Waals surface area (Å²) in [5.74, 6) is -1.28. The maximum Gasteiger partial charge on any atom is 0.310 e. The lowest BCUT2D eigenvalue weighted by Crippen LogP contribution is -2.12. The number of carboxylic acid groups (broad SMARTS) is 1. The quantitative estimate of drug-likeness (QED) is 0.890. The number of carbonyl (C=O) groups is 1. The van der Waals surface area contributed by atoms with Gasteiger partial charge in [-0.3, -0.25) is 4.79 Å². The molecule has 0 saturated heterocycles. The number of benzene rings is 2. The van der Waals surface area contributed by atoms with Crippen molar-refractivity contribution in [2.45, 2.75) is 18.8 Å². The Morgan fingerprint density at radius 2 is 1.68 bits per heavy atom. The summed E-state index contributed by atoms with van der Waals surface area (Å²) < 4.78 is 0. The van der Waals surface area contributed by atoms with Gasteiger partial charge >= 0.3 is 5.97 Å². The van der Waals surface area contributed by atoms with Crippen molar-refractivity contribution in [3.05, 3.63) is 70.7 Å². The molecule has 2 nitrogen and oxygen atoms in total. The predicted octanol–water partition coefficient (Wildman–Crippen LogP) is 4.14. The molecule has 98 valence electrons. The van der Waals surface area contributed by atoms with E-state index in [1.54, 1.807) is 24.3 Å². The topological polar surface area (TPSA) is 37.3 Å².